The van der Waals surface area contributed by atoms with Gasteiger partial charge in [0.05, 0.1) is 21.1 Å². The normalized spacial score (nSPS) is 10.5. The molecular weight excluding hydrogens is 212 g/mol. The van der Waals surface area contributed by atoms with Crippen LogP contribution in [-0.2, 0) is 0 Å². The lowest BCUT2D eigenvalue weighted by Crippen LogP contribution is -1.95. The maximum atomic E-state index is 10.9. The second kappa shape index (κ2) is 3.51. The molecule has 2 rings (SSSR count). The molecule has 15 heavy (non-hydrogen) atoms. The first-order chi connectivity index (χ1) is 7.09. The summed E-state index contributed by atoms with van der Waals surface area (Å²) in [6.45, 7) is 3.80. The number of H-pyrrole nitrogens is 1. The van der Waals surface area contributed by atoms with Crippen LogP contribution in [0.5, 0.6) is 0 Å². The lowest BCUT2D eigenvalue weighted by molar-refractivity contribution is 0.0698. The Labute approximate surface area is 90.6 Å². The van der Waals surface area contributed by atoms with Crippen molar-refractivity contribution < 1.29 is 9.90 Å². The Kier molecular flexibility index (Phi) is 2.32. The SMILES string of the molecule is Cc1nc(C)c(-c2c[nH]cc2C(=O)O)s1. The second-order valence-corrected chi connectivity index (χ2v) is 4.44. The van der Waals surface area contributed by atoms with Crippen LogP contribution >= 0.6 is 11.3 Å². The first-order valence-electron chi connectivity index (χ1n) is 4.44. The van der Waals surface area contributed by atoms with Crippen molar-refractivity contribution in [2.75, 3.05) is 0 Å². The number of carboxylic acid groups (broad SMARTS) is 1. The number of aryl methyl sites for hydroxylation is 2. The fourth-order valence-electron chi connectivity index (χ4n) is 1.51. The fraction of sp³-hybridized carbons (Fsp3) is 0.200. The summed E-state index contributed by atoms with van der Waals surface area (Å²) in [5.41, 5.74) is 1.88. The van der Waals surface area contributed by atoms with Crippen molar-refractivity contribution in [2.24, 2.45) is 0 Å². The van der Waals surface area contributed by atoms with Crippen LogP contribution in [0, 0.1) is 13.8 Å². The first-order valence-corrected chi connectivity index (χ1v) is 5.25. The molecule has 0 radical (unpaired) electrons. The van der Waals surface area contributed by atoms with E-state index in [9.17, 15) is 4.79 Å². The lowest BCUT2D eigenvalue weighted by Gasteiger charge is -1.96. The summed E-state index contributed by atoms with van der Waals surface area (Å²) in [5.74, 6) is -0.920. The topological polar surface area (TPSA) is 66.0 Å². The second-order valence-electron chi connectivity index (χ2n) is 3.24. The monoisotopic (exact) mass is 222 g/mol. The summed E-state index contributed by atoms with van der Waals surface area (Å²) >= 11 is 1.51. The van der Waals surface area contributed by atoms with Gasteiger partial charge in [-0.05, 0) is 13.8 Å². The number of carbonyl (C=O) groups is 1. The summed E-state index contributed by atoms with van der Waals surface area (Å²) < 4.78 is 0. The van der Waals surface area contributed by atoms with Gasteiger partial charge in [0.15, 0.2) is 0 Å². The van der Waals surface area contributed by atoms with E-state index in [1.807, 2.05) is 13.8 Å². The summed E-state index contributed by atoms with van der Waals surface area (Å²) in [4.78, 5) is 19.0. The molecule has 0 aromatic carbocycles. The van der Waals surface area contributed by atoms with Gasteiger partial charge in [-0.25, -0.2) is 9.78 Å². The van der Waals surface area contributed by atoms with E-state index in [-0.39, 0.29) is 0 Å². The van der Waals surface area contributed by atoms with Crippen LogP contribution in [0.1, 0.15) is 21.1 Å². The molecule has 0 amide bonds. The van der Waals surface area contributed by atoms with Crippen molar-refractivity contribution in [1.29, 1.82) is 0 Å². The smallest absolute Gasteiger partial charge is 0.337 e. The highest BCUT2D eigenvalue weighted by Crippen LogP contribution is 2.31. The Hall–Kier alpha value is -1.62. The molecule has 0 aliphatic rings. The number of aromatic nitrogens is 2. The Morgan fingerprint density at radius 3 is 2.73 bits per heavy atom. The minimum Gasteiger partial charge on any atom is -0.478 e. The Morgan fingerprint density at radius 2 is 2.20 bits per heavy atom. The number of rotatable bonds is 2. The van der Waals surface area contributed by atoms with Gasteiger partial charge in [0.25, 0.3) is 0 Å². The third kappa shape index (κ3) is 1.66. The molecule has 0 aliphatic carbocycles. The van der Waals surface area contributed by atoms with Crippen molar-refractivity contribution >= 4 is 17.3 Å². The van der Waals surface area contributed by atoms with Gasteiger partial charge >= 0.3 is 5.97 Å². The fourth-order valence-corrected chi connectivity index (χ4v) is 2.46. The van der Waals surface area contributed by atoms with E-state index in [4.69, 9.17) is 5.11 Å². The van der Waals surface area contributed by atoms with E-state index in [0.717, 1.165) is 15.6 Å². The van der Waals surface area contributed by atoms with Gasteiger partial charge in [-0.15, -0.1) is 11.3 Å². The van der Waals surface area contributed by atoms with E-state index < -0.39 is 5.97 Å². The van der Waals surface area contributed by atoms with Gasteiger partial charge in [0.2, 0.25) is 0 Å². The number of hydrogen-bond acceptors (Lipinski definition) is 3. The predicted molar refractivity (Wildman–Crippen MR) is 58.3 cm³/mol. The number of aromatic carboxylic acids is 1. The molecule has 0 saturated carbocycles. The van der Waals surface area contributed by atoms with Crippen LogP contribution < -0.4 is 0 Å². The van der Waals surface area contributed by atoms with Crippen LogP contribution in [0.25, 0.3) is 10.4 Å². The zero-order chi connectivity index (χ0) is 11.0. The van der Waals surface area contributed by atoms with Gasteiger partial charge in [-0.3, -0.25) is 0 Å². The number of thiazole rings is 1. The molecule has 0 saturated heterocycles. The molecule has 0 fully saturated rings. The van der Waals surface area contributed by atoms with Crippen LogP contribution in [0.4, 0.5) is 0 Å². The molecule has 0 spiro atoms. The quantitative estimate of drug-likeness (QED) is 0.820. The van der Waals surface area contributed by atoms with Crippen LogP contribution in [-0.4, -0.2) is 21.0 Å². The highest BCUT2D eigenvalue weighted by molar-refractivity contribution is 7.15. The van der Waals surface area contributed by atoms with Gasteiger partial charge in [0.1, 0.15) is 0 Å². The van der Waals surface area contributed by atoms with Crippen molar-refractivity contribution in [2.45, 2.75) is 13.8 Å². The van der Waals surface area contributed by atoms with E-state index in [0.29, 0.717) is 11.1 Å². The third-order valence-corrected chi connectivity index (χ3v) is 3.23. The molecule has 5 heteroatoms. The Balaban J connectivity index is 2.58. The van der Waals surface area contributed by atoms with Crippen molar-refractivity contribution in [3.05, 3.63) is 28.7 Å². The van der Waals surface area contributed by atoms with Gasteiger partial charge < -0.3 is 10.1 Å². The number of carboxylic acids is 1. The van der Waals surface area contributed by atoms with E-state index in [1.54, 1.807) is 6.20 Å². The Morgan fingerprint density at radius 1 is 1.47 bits per heavy atom. The summed E-state index contributed by atoms with van der Waals surface area (Å²) in [6.07, 6.45) is 3.19. The van der Waals surface area contributed by atoms with Gasteiger partial charge in [-0.1, -0.05) is 0 Å². The lowest BCUT2D eigenvalue weighted by atomic mass is 10.1. The van der Waals surface area contributed by atoms with Gasteiger partial charge in [-0.2, -0.15) is 0 Å². The van der Waals surface area contributed by atoms with Crippen LogP contribution in [0.15, 0.2) is 12.4 Å². The highest BCUT2D eigenvalue weighted by Gasteiger charge is 2.16. The molecule has 2 N–H and O–H groups in total. The minimum atomic E-state index is -0.920. The van der Waals surface area contributed by atoms with Crippen molar-refractivity contribution in [3.8, 4) is 10.4 Å². The van der Waals surface area contributed by atoms with E-state index >= 15 is 0 Å². The zero-order valence-corrected chi connectivity index (χ0v) is 9.18. The number of nitrogens with zero attached hydrogens (tertiary/aromatic N) is 1. The first kappa shape index (κ1) is 9.92. The predicted octanol–water partition coefficient (Wildman–Crippen LogP) is 2.45. The largest absolute Gasteiger partial charge is 0.478 e. The van der Waals surface area contributed by atoms with Gasteiger partial charge in [0, 0.05) is 18.0 Å². The summed E-state index contributed by atoms with van der Waals surface area (Å²) in [7, 11) is 0. The van der Waals surface area contributed by atoms with E-state index in [2.05, 4.69) is 9.97 Å². The minimum absolute atomic E-state index is 0.293. The average molecular weight is 222 g/mol. The Bertz CT molecular complexity index is 513. The maximum absolute atomic E-state index is 10.9. The summed E-state index contributed by atoms with van der Waals surface area (Å²) in [5, 5.41) is 9.92. The number of aromatic amines is 1. The zero-order valence-electron chi connectivity index (χ0n) is 8.37. The molecule has 0 bridgehead atoms. The third-order valence-electron chi connectivity index (χ3n) is 2.12. The van der Waals surface area contributed by atoms with E-state index in [1.165, 1.54) is 17.5 Å². The number of nitrogens with one attached hydrogen (secondary N) is 1. The molecule has 78 valence electrons. The average Bonchev–Trinajstić information content (AvgIpc) is 2.71. The van der Waals surface area contributed by atoms with Crippen LogP contribution in [0.3, 0.4) is 0 Å². The molecule has 0 aliphatic heterocycles. The van der Waals surface area contributed by atoms with Crippen molar-refractivity contribution in [1.82, 2.24) is 9.97 Å². The molecule has 2 heterocycles. The van der Waals surface area contributed by atoms with Crippen LogP contribution in [0.2, 0.25) is 0 Å². The highest BCUT2D eigenvalue weighted by atomic mass is 32.1. The van der Waals surface area contributed by atoms with Crippen molar-refractivity contribution in [3.63, 3.8) is 0 Å². The number of hydrogen-bond donors (Lipinski definition) is 2. The maximum Gasteiger partial charge on any atom is 0.337 e. The standard InChI is InChI=1S/C10H10N2O2S/c1-5-9(15-6(2)12-5)7-3-11-4-8(7)10(13)14/h3-4,11H,1-2H3,(H,13,14). The molecule has 0 unspecified atom stereocenters. The molecule has 0 atom stereocenters. The molecule has 2 aromatic heterocycles. The molecular formula is C10H10N2O2S. The molecule has 4 nitrogen and oxygen atoms in total. The summed E-state index contributed by atoms with van der Waals surface area (Å²) in [6, 6.07) is 0. The molecule has 2 aromatic rings.